The third kappa shape index (κ3) is 4.62. The molecule has 1 aliphatic rings. The third-order valence-corrected chi connectivity index (χ3v) is 4.37. The molecule has 6 nitrogen and oxygen atoms in total. The van der Waals surface area contributed by atoms with Crippen LogP contribution in [0.2, 0.25) is 0 Å². The van der Waals surface area contributed by atoms with Gasteiger partial charge in [-0.3, -0.25) is 4.79 Å². The van der Waals surface area contributed by atoms with E-state index >= 15 is 0 Å². The molecule has 0 bridgehead atoms. The van der Waals surface area contributed by atoms with Gasteiger partial charge < -0.3 is 19.5 Å². The molecule has 2 rings (SSSR count). The summed E-state index contributed by atoms with van der Waals surface area (Å²) in [5.41, 5.74) is -0.880. The summed E-state index contributed by atoms with van der Waals surface area (Å²) in [6, 6.07) is 3.88. The predicted molar refractivity (Wildman–Crippen MR) is 89.5 cm³/mol. The third-order valence-electron chi connectivity index (χ3n) is 4.37. The first-order valence-corrected chi connectivity index (χ1v) is 8.54. The molecule has 0 radical (unpaired) electrons. The van der Waals surface area contributed by atoms with E-state index in [0.717, 1.165) is 19.3 Å². The number of ether oxygens (including phenoxy) is 3. The van der Waals surface area contributed by atoms with Gasteiger partial charge >= 0.3 is 12.6 Å². The van der Waals surface area contributed by atoms with Gasteiger partial charge in [-0.15, -0.1) is 0 Å². The summed E-state index contributed by atoms with van der Waals surface area (Å²) in [5, 5.41) is 2.79. The Bertz CT molecular complexity index is 644. The molecule has 8 heteroatoms. The van der Waals surface area contributed by atoms with Gasteiger partial charge in [-0.1, -0.05) is 19.3 Å². The summed E-state index contributed by atoms with van der Waals surface area (Å²) in [6.45, 7) is -1.06. The second-order valence-corrected chi connectivity index (χ2v) is 6.06. The topological polar surface area (TPSA) is 73.9 Å². The molecule has 1 N–H and O–H groups in total. The molecule has 1 aliphatic carbocycles. The zero-order valence-corrected chi connectivity index (χ0v) is 14.8. The average molecular weight is 371 g/mol. The number of nitrogens with one attached hydrogen (secondary N) is 1. The molecule has 0 unspecified atom stereocenters. The Kier molecular flexibility index (Phi) is 6.76. The van der Waals surface area contributed by atoms with Crippen molar-refractivity contribution in [2.24, 2.45) is 0 Å². The van der Waals surface area contributed by atoms with Crippen LogP contribution >= 0.6 is 0 Å². The van der Waals surface area contributed by atoms with Gasteiger partial charge in [-0.2, -0.15) is 8.78 Å². The first kappa shape index (κ1) is 19.9. The Balaban J connectivity index is 2.22. The number of rotatable bonds is 7. The molecule has 26 heavy (non-hydrogen) atoms. The van der Waals surface area contributed by atoms with Crippen molar-refractivity contribution in [3.8, 4) is 11.5 Å². The molecular weight excluding hydrogens is 348 g/mol. The van der Waals surface area contributed by atoms with Gasteiger partial charge in [0.05, 0.1) is 13.7 Å². The van der Waals surface area contributed by atoms with Crippen molar-refractivity contribution in [3.05, 3.63) is 23.8 Å². The highest BCUT2D eigenvalue weighted by atomic mass is 19.3. The summed E-state index contributed by atoms with van der Waals surface area (Å²) in [5.74, 6) is -1.11. The highest BCUT2D eigenvalue weighted by molar-refractivity contribution is 5.98. The second-order valence-electron chi connectivity index (χ2n) is 6.06. The van der Waals surface area contributed by atoms with E-state index in [4.69, 9.17) is 9.47 Å². The van der Waals surface area contributed by atoms with Crippen LogP contribution in [-0.2, 0) is 9.53 Å². The Morgan fingerprint density at radius 2 is 1.88 bits per heavy atom. The largest absolute Gasteiger partial charge is 0.493 e. The number of halogens is 2. The normalized spacial score (nSPS) is 16.0. The molecule has 0 heterocycles. The van der Waals surface area contributed by atoms with Gasteiger partial charge in [0.2, 0.25) is 0 Å². The highest BCUT2D eigenvalue weighted by Crippen LogP contribution is 2.32. The van der Waals surface area contributed by atoms with E-state index in [1.807, 2.05) is 0 Å². The van der Waals surface area contributed by atoms with Gasteiger partial charge in [0.25, 0.3) is 5.91 Å². The van der Waals surface area contributed by atoms with Crippen LogP contribution in [0.15, 0.2) is 18.2 Å². The van der Waals surface area contributed by atoms with E-state index in [1.54, 1.807) is 6.92 Å². The van der Waals surface area contributed by atoms with Gasteiger partial charge in [-0.25, -0.2) is 4.79 Å². The quantitative estimate of drug-likeness (QED) is 0.745. The number of carbonyl (C=O) groups excluding carboxylic acids is 2. The summed E-state index contributed by atoms with van der Waals surface area (Å²) >= 11 is 0. The number of methoxy groups -OCH3 is 1. The minimum absolute atomic E-state index is 0.00628. The van der Waals surface area contributed by atoms with Crippen molar-refractivity contribution in [3.63, 3.8) is 0 Å². The zero-order chi connectivity index (χ0) is 19.2. The SMILES string of the molecule is CCOC(=O)C1(NC(=O)c2ccc(OC(F)F)c(OC)c2)CCCCC1. The van der Waals surface area contributed by atoms with Crippen molar-refractivity contribution < 1.29 is 32.6 Å². The van der Waals surface area contributed by atoms with Crippen LogP contribution in [0.4, 0.5) is 8.78 Å². The summed E-state index contributed by atoms with van der Waals surface area (Å²) in [6.07, 6.45) is 3.61. The molecule has 1 saturated carbocycles. The molecule has 1 aromatic rings. The molecular formula is C18H23F2NO5. The average Bonchev–Trinajstić information content (AvgIpc) is 2.62. The number of hydrogen-bond donors (Lipinski definition) is 1. The Labute approximate surface area is 150 Å². The summed E-state index contributed by atoms with van der Waals surface area (Å²) in [7, 11) is 1.29. The van der Waals surface area contributed by atoms with Crippen LogP contribution in [0.1, 0.15) is 49.4 Å². The lowest BCUT2D eigenvalue weighted by Gasteiger charge is -2.35. The zero-order valence-electron chi connectivity index (χ0n) is 14.8. The van der Waals surface area contributed by atoms with Crippen LogP contribution in [0.3, 0.4) is 0 Å². The molecule has 1 amide bonds. The molecule has 1 aromatic carbocycles. The molecule has 0 saturated heterocycles. The lowest BCUT2D eigenvalue weighted by Crippen LogP contribution is -2.56. The number of hydrogen-bond acceptors (Lipinski definition) is 5. The lowest BCUT2D eigenvalue weighted by atomic mass is 9.81. The van der Waals surface area contributed by atoms with Crippen molar-refractivity contribution in [1.29, 1.82) is 0 Å². The van der Waals surface area contributed by atoms with E-state index in [9.17, 15) is 18.4 Å². The Hall–Kier alpha value is -2.38. The van der Waals surface area contributed by atoms with Crippen LogP contribution in [-0.4, -0.2) is 37.7 Å². The van der Waals surface area contributed by atoms with E-state index in [0.29, 0.717) is 12.8 Å². The van der Waals surface area contributed by atoms with Crippen molar-refractivity contribution in [1.82, 2.24) is 5.32 Å². The van der Waals surface area contributed by atoms with Gasteiger partial charge in [0.1, 0.15) is 5.54 Å². The first-order valence-electron chi connectivity index (χ1n) is 8.54. The van der Waals surface area contributed by atoms with E-state index in [2.05, 4.69) is 10.1 Å². The molecule has 144 valence electrons. The maximum Gasteiger partial charge on any atom is 0.387 e. The first-order chi connectivity index (χ1) is 12.4. The van der Waals surface area contributed by atoms with Crippen LogP contribution in [0, 0.1) is 0 Å². The van der Waals surface area contributed by atoms with Crippen LogP contribution in [0.25, 0.3) is 0 Å². The monoisotopic (exact) mass is 371 g/mol. The van der Waals surface area contributed by atoms with Gasteiger partial charge in [0.15, 0.2) is 11.5 Å². The number of esters is 1. The molecule has 0 atom stereocenters. The molecule has 0 aromatic heterocycles. The number of benzene rings is 1. The van der Waals surface area contributed by atoms with E-state index in [1.165, 1.54) is 25.3 Å². The fourth-order valence-electron chi connectivity index (χ4n) is 3.10. The standard InChI is InChI=1S/C18H23F2NO5/c1-3-25-16(23)18(9-5-4-6-10-18)21-15(22)12-7-8-13(26-17(19)20)14(11-12)24-2/h7-8,11,17H,3-6,9-10H2,1-2H3,(H,21,22). The Morgan fingerprint density at radius 3 is 2.46 bits per heavy atom. The predicted octanol–water partition coefficient (Wildman–Crippen LogP) is 3.29. The lowest BCUT2D eigenvalue weighted by molar-refractivity contribution is -0.152. The Morgan fingerprint density at radius 1 is 1.19 bits per heavy atom. The van der Waals surface area contributed by atoms with Crippen LogP contribution < -0.4 is 14.8 Å². The second kappa shape index (κ2) is 8.82. The van der Waals surface area contributed by atoms with Crippen molar-refractivity contribution in [2.45, 2.75) is 51.2 Å². The van der Waals surface area contributed by atoms with Crippen molar-refractivity contribution in [2.75, 3.05) is 13.7 Å². The van der Waals surface area contributed by atoms with Crippen LogP contribution in [0.5, 0.6) is 11.5 Å². The molecule has 1 fully saturated rings. The molecule has 0 aliphatic heterocycles. The fraction of sp³-hybridized carbons (Fsp3) is 0.556. The number of alkyl halides is 2. The van der Waals surface area contributed by atoms with Gasteiger partial charge in [-0.05, 0) is 38.0 Å². The van der Waals surface area contributed by atoms with E-state index < -0.39 is 24.0 Å². The van der Waals surface area contributed by atoms with Crippen molar-refractivity contribution >= 4 is 11.9 Å². The smallest absolute Gasteiger partial charge is 0.387 e. The maximum atomic E-state index is 12.7. The highest BCUT2D eigenvalue weighted by Gasteiger charge is 2.42. The summed E-state index contributed by atoms with van der Waals surface area (Å²) in [4.78, 5) is 25.1. The number of amides is 1. The minimum Gasteiger partial charge on any atom is -0.493 e. The molecule has 0 spiro atoms. The minimum atomic E-state index is -3.00. The van der Waals surface area contributed by atoms with Gasteiger partial charge in [0, 0.05) is 5.56 Å². The number of carbonyl (C=O) groups is 2. The van der Waals surface area contributed by atoms with E-state index in [-0.39, 0.29) is 23.7 Å². The fourth-order valence-corrected chi connectivity index (χ4v) is 3.10. The summed E-state index contributed by atoms with van der Waals surface area (Å²) < 4.78 is 39.3. The maximum absolute atomic E-state index is 12.7.